The second-order valence-corrected chi connectivity index (χ2v) is 8.34. The number of aromatic nitrogens is 2. The van der Waals surface area contributed by atoms with E-state index >= 15 is 0 Å². The number of hydrogen-bond donors (Lipinski definition) is 1. The predicted octanol–water partition coefficient (Wildman–Crippen LogP) is 3.93. The molecule has 0 atom stereocenters. The summed E-state index contributed by atoms with van der Waals surface area (Å²) in [5, 5.41) is 5.47. The van der Waals surface area contributed by atoms with Gasteiger partial charge in [-0.25, -0.2) is 4.98 Å². The fourth-order valence-electron chi connectivity index (χ4n) is 3.61. The number of carbonyl (C=O) groups is 3. The van der Waals surface area contributed by atoms with Gasteiger partial charge in [-0.15, -0.1) is 11.3 Å². The molecule has 1 aliphatic rings. The van der Waals surface area contributed by atoms with Crippen molar-refractivity contribution in [2.75, 3.05) is 0 Å². The number of pyridine rings is 1. The first-order valence-electron chi connectivity index (χ1n) is 10.3. The summed E-state index contributed by atoms with van der Waals surface area (Å²) < 4.78 is 0. The minimum absolute atomic E-state index is 0.192. The Morgan fingerprint density at radius 2 is 1.73 bits per heavy atom. The van der Waals surface area contributed by atoms with Crippen molar-refractivity contribution in [3.8, 4) is 10.7 Å². The Bertz CT molecular complexity index is 1350. The lowest BCUT2D eigenvalue weighted by atomic mass is 10.1. The zero-order valence-corrected chi connectivity index (χ0v) is 18.2. The molecule has 0 fully saturated rings. The van der Waals surface area contributed by atoms with Gasteiger partial charge in [-0.05, 0) is 35.9 Å². The Labute approximate surface area is 193 Å². The van der Waals surface area contributed by atoms with Gasteiger partial charge in [-0.1, -0.05) is 36.4 Å². The SMILES string of the molecule is O=C(NCc1csc(-c2ccccn2)n1)c1ccc2c(c1)C(=O)N(Cc1ccccc1)C2=O. The standard InChI is InChI=1S/C25H18N4O3S/c30-22(27-13-18-15-33-23(28-18)21-8-4-5-11-26-21)17-9-10-19-20(12-17)25(32)29(24(19)31)14-16-6-2-1-3-7-16/h1-12,15H,13-14H2,(H,27,30). The predicted molar refractivity (Wildman–Crippen MR) is 124 cm³/mol. The number of amides is 3. The van der Waals surface area contributed by atoms with Crippen LogP contribution < -0.4 is 5.32 Å². The lowest BCUT2D eigenvalue weighted by molar-refractivity contribution is 0.0642. The minimum atomic E-state index is -0.395. The van der Waals surface area contributed by atoms with Crippen molar-refractivity contribution in [2.24, 2.45) is 0 Å². The maximum Gasteiger partial charge on any atom is 0.261 e. The third-order valence-corrected chi connectivity index (χ3v) is 6.20. The molecule has 0 aliphatic carbocycles. The van der Waals surface area contributed by atoms with E-state index in [1.54, 1.807) is 12.3 Å². The van der Waals surface area contributed by atoms with Gasteiger partial charge in [0.15, 0.2) is 0 Å². The highest BCUT2D eigenvalue weighted by atomic mass is 32.1. The van der Waals surface area contributed by atoms with E-state index in [0.29, 0.717) is 11.1 Å². The molecular formula is C25H18N4O3S. The number of hydrogen-bond acceptors (Lipinski definition) is 6. The highest BCUT2D eigenvalue weighted by Gasteiger charge is 2.36. The number of nitrogens with zero attached hydrogens (tertiary/aromatic N) is 3. The first-order chi connectivity index (χ1) is 16.1. The van der Waals surface area contributed by atoms with Gasteiger partial charge in [-0.3, -0.25) is 24.3 Å². The molecule has 0 bridgehead atoms. The number of nitrogens with one attached hydrogen (secondary N) is 1. The van der Waals surface area contributed by atoms with Gasteiger partial charge >= 0.3 is 0 Å². The fraction of sp³-hybridized carbons (Fsp3) is 0.0800. The van der Waals surface area contributed by atoms with Gasteiger partial charge in [0.1, 0.15) is 5.01 Å². The second kappa shape index (κ2) is 8.76. The molecular weight excluding hydrogens is 436 g/mol. The van der Waals surface area contributed by atoms with Crippen molar-refractivity contribution in [1.82, 2.24) is 20.2 Å². The maximum atomic E-state index is 12.9. The highest BCUT2D eigenvalue weighted by Crippen LogP contribution is 2.26. The normalized spacial score (nSPS) is 12.7. The largest absolute Gasteiger partial charge is 0.346 e. The van der Waals surface area contributed by atoms with Crippen LogP contribution in [0.5, 0.6) is 0 Å². The van der Waals surface area contributed by atoms with E-state index in [9.17, 15) is 14.4 Å². The van der Waals surface area contributed by atoms with E-state index in [1.165, 1.54) is 28.4 Å². The Kier molecular flexibility index (Phi) is 5.50. The molecule has 2 aromatic heterocycles. The summed E-state index contributed by atoms with van der Waals surface area (Å²) in [5.41, 5.74) is 3.23. The molecule has 3 amide bonds. The Morgan fingerprint density at radius 1 is 0.939 bits per heavy atom. The average molecular weight is 455 g/mol. The summed E-state index contributed by atoms with van der Waals surface area (Å²) in [6.45, 7) is 0.434. The van der Waals surface area contributed by atoms with E-state index in [4.69, 9.17) is 0 Å². The van der Waals surface area contributed by atoms with E-state index in [-0.39, 0.29) is 30.5 Å². The molecule has 0 spiro atoms. The van der Waals surface area contributed by atoms with Crippen LogP contribution in [0.25, 0.3) is 10.7 Å². The monoisotopic (exact) mass is 454 g/mol. The Balaban J connectivity index is 1.27. The van der Waals surface area contributed by atoms with Crippen LogP contribution in [-0.2, 0) is 13.1 Å². The van der Waals surface area contributed by atoms with E-state index in [1.807, 2.05) is 53.9 Å². The summed E-state index contributed by atoms with van der Waals surface area (Å²) in [6, 6.07) is 19.5. The molecule has 3 heterocycles. The lowest BCUT2D eigenvalue weighted by Crippen LogP contribution is -2.29. The molecule has 0 saturated heterocycles. The van der Waals surface area contributed by atoms with Gasteiger partial charge in [0.2, 0.25) is 0 Å². The Hall–Kier alpha value is -4.17. The quantitative estimate of drug-likeness (QED) is 0.446. The van der Waals surface area contributed by atoms with Gasteiger partial charge in [-0.2, -0.15) is 0 Å². The summed E-state index contributed by atoms with van der Waals surface area (Å²) in [6.07, 6.45) is 1.71. The average Bonchev–Trinajstić information content (AvgIpc) is 3.43. The van der Waals surface area contributed by atoms with Crippen molar-refractivity contribution in [3.63, 3.8) is 0 Å². The third kappa shape index (κ3) is 4.16. The molecule has 0 unspecified atom stereocenters. The molecule has 1 aliphatic heterocycles. The van der Waals surface area contributed by atoms with Crippen molar-refractivity contribution < 1.29 is 14.4 Å². The molecule has 162 valence electrons. The first-order valence-corrected chi connectivity index (χ1v) is 11.2. The van der Waals surface area contributed by atoms with Crippen LogP contribution in [-0.4, -0.2) is 32.6 Å². The van der Waals surface area contributed by atoms with Crippen LogP contribution in [0.2, 0.25) is 0 Å². The van der Waals surface area contributed by atoms with Crippen molar-refractivity contribution in [2.45, 2.75) is 13.1 Å². The molecule has 1 N–H and O–H groups in total. The number of thiazole rings is 1. The topological polar surface area (TPSA) is 92.3 Å². The molecule has 0 saturated carbocycles. The maximum absolute atomic E-state index is 12.9. The highest BCUT2D eigenvalue weighted by molar-refractivity contribution is 7.13. The van der Waals surface area contributed by atoms with Crippen LogP contribution in [0.15, 0.2) is 78.3 Å². The van der Waals surface area contributed by atoms with Crippen LogP contribution in [0.3, 0.4) is 0 Å². The van der Waals surface area contributed by atoms with Crippen molar-refractivity contribution in [3.05, 3.63) is 106 Å². The van der Waals surface area contributed by atoms with Crippen molar-refractivity contribution >= 4 is 29.1 Å². The number of rotatable bonds is 6. The van der Waals surface area contributed by atoms with Crippen LogP contribution in [0.1, 0.15) is 42.3 Å². The zero-order chi connectivity index (χ0) is 22.8. The molecule has 5 rings (SSSR count). The summed E-state index contributed by atoms with van der Waals surface area (Å²) in [5.74, 6) is -1.09. The third-order valence-electron chi connectivity index (χ3n) is 5.28. The molecule has 7 nitrogen and oxygen atoms in total. The van der Waals surface area contributed by atoms with Crippen LogP contribution >= 0.6 is 11.3 Å². The van der Waals surface area contributed by atoms with Crippen LogP contribution in [0.4, 0.5) is 0 Å². The van der Waals surface area contributed by atoms with Gasteiger partial charge in [0.05, 0.1) is 35.6 Å². The first kappa shape index (κ1) is 20.7. The summed E-state index contributed by atoms with van der Waals surface area (Å²) >= 11 is 1.46. The van der Waals surface area contributed by atoms with Gasteiger partial charge < -0.3 is 5.32 Å². The van der Waals surface area contributed by atoms with E-state index in [0.717, 1.165) is 22.0 Å². The number of carbonyl (C=O) groups excluding carboxylic acids is 3. The lowest BCUT2D eigenvalue weighted by Gasteiger charge is -2.13. The molecule has 33 heavy (non-hydrogen) atoms. The smallest absolute Gasteiger partial charge is 0.261 e. The van der Waals surface area contributed by atoms with E-state index in [2.05, 4.69) is 15.3 Å². The van der Waals surface area contributed by atoms with Gasteiger partial charge in [0, 0.05) is 17.1 Å². The fourth-order valence-corrected chi connectivity index (χ4v) is 4.40. The molecule has 2 aromatic carbocycles. The molecule has 8 heteroatoms. The van der Waals surface area contributed by atoms with Crippen LogP contribution in [0, 0.1) is 0 Å². The zero-order valence-electron chi connectivity index (χ0n) is 17.4. The molecule has 4 aromatic rings. The number of imide groups is 1. The number of benzene rings is 2. The Morgan fingerprint density at radius 3 is 2.52 bits per heavy atom. The summed E-state index contributed by atoms with van der Waals surface area (Å²) in [7, 11) is 0. The number of fused-ring (bicyclic) bond motifs is 1. The summed E-state index contributed by atoms with van der Waals surface area (Å²) in [4.78, 5) is 48.3. The van der Waals surface area contributed by atoms with E-state index < -0.39 is 5.91 Å². The molecule has 0 radical (unpaired) electrons. The van der Waals surface area contributed by atoms with Crippen molar-refractivity contribution in [1.29, 1.82) is 0 Å². The van der Waals surface area contributed by atoms with Gasteiger partial charge in [0.25, 0.3) is 17.7 Å². The second-order valence-electron chi connectivity index (χ2n) is 7.48. The minimum Gasteiger partial charge on any atom is -0.346 e.